The SMILES string of the molecule is Cc1nn(-c2ccccc2)c(C)c1CNC(=O)c1ccn(COc2ccc(F)cc2)n1. The van der Waals surface area contributed by atoms with E-state index in [2.05, 4.69) is 15.5 Å². The zero-order chi connectivity index (χ0) is 21.8. The van der Waals surface area contributed by atoms with Crippen LogP contribution >= 0.6 is 0 Å². The van der Waals surface area contributed by atoms with Gasteiger partial charge < -0.3 is 10.1 Å². The topological polar surface area (TPSA) is 74.0 Å². The monoisotopic (exact) mass is 419 g/mol. The standard InChI is InChI=1S/C23H22FN5O2/c1-16-21(17(2)29(26-16)19-6-4-3-5-7-19)14-25-23(30)22-12-13-28(27-22)15-31-20-10-8-18(24)9-11-20/h3-13H,14-15H2,1-2H3,(H,25,30). The summed E-state index contributed by atoms with van der Waals surface area (Å²) in [5.41, 5.74) is 4.06. The minimum Gasteiger partial charge on any atom is -0.471 e. The highest BCUT2D eigenvalue weighted by Crippen LogP contribution is 2.18. The van der Waals surface area contributed by atoms with Crippen LogP contribution in [0.3, 0.4) is 0 Å². The molecule has 0 bridgehead atoms. The quantitative estimate of drug-likeness (QED) is 0.495. The van der Waals surface area contributed by atoms with E-state index in [0.717, 1.165) is 22.6 Å². The van der Waals surface area contributed by atoms with Crippen LogP contribution in [-0.2, 0) is 13.3 Å². The second-order valence-corrected chi connectivity index (χ2v) is 7.05. The van der Waals surface area contributed by atoms with Crippen LogP contribution in [0.4, 0.5) is 4.39 Å². The molecule has 0 radical (unpaired) electrons. The van der Waals surface area contributed by atoms with Crippen LogP contribution in [0.25, 0.3) is 5.69 Å². The fraction of sp³-hybridized carbons (Fsp3) is 0.174. The molecule has 8 heteroatoms. The molecule has 4 rings (SSSR count). The van der Waals surface area contributed by atoms with Crippen molar-refractivity contribution in [2.75, 3.05) is 0 Å². The third-order valence-corrected chi connectivity index (χ3v) is 4.92. The lowest BCUT2D eigenvalue weighted by Gasteiger charge is -2.07. The Balaban J connectivity index is 1.37. The molecule has 2 heterocycles. The van der Waals surface area contributed by atoms with Gasteiger partial charge in [-0.25, -0.2) is 13.8 Å². The van der Waals surface area contributed by atoms with Gasteiger partial charge in [0.15, 0.2) is 6.73 Å². The largest absolute Gasteiger partial charge is 0.471 e. The minimum atomic E-state index is -0.329. The Labute approximate surface area is 179 Å². The Morgan fingerprint density at radius 1 is 1.03 bits per heavy atom. The normalized spacial score (nSPS) is 10.8. The third-order valence-electron chi connectivity index (χ3n) is 4.92. The fourth-order valence-electron chi connectivity index (χ4n) is 3.24. The van der Waals surface area contributed by atoms with Crippen molar-refractivity contribution in [3.05, 3.63) is 95.3 Å². The van der Waals surface area contributed by atoms with E-state index in [0.29, 0.717) is 12.3 Å². The van der Waals surface area contributed by atoms with Crippen LogP contribution in [0.5, 0.6) is 5.75 Å². The zero-order valence-electron chi connectivity index (χ0n) is 17.2. The van der Waals surface area contributed by atoms with Crippen molar-refractivity contribution in [3.8, 4) is 11.4 Å². The molecule has 0 atom stereocenters. The van der Waals surface area contributed by atoms with E-state index in [1.54, 1.807) is 12.3 Å². The van der Waals surface area contributed by atoms with E-state index in [1.165, 1.54) is 28.9 Å². The lowest BCUT2D eigenvalue weighted by atomic mass is 10.2. The van der Waals surface area contributed by atoms with Gasteiger partial charge in [0.05, 0.1) is 11.4 Å². The Kier molecular flexibility index (Phi) is 5.79. The summed E-state index contributed by atoms with van der Waals surface area (Å²) >= 11 is 0. The molecular formula is C23H22FN5O2. The Morgan fingerprint density at radius 3 is 2.52 bits per heavy atom. The van der Waals surface area contributed by atoms with Crippen molar-refractivity contribution in [1.82, 2.24) is 24.9 Å². The minimum absolute atomic E-state index is 0.112. The first-order valence-corrected chi connectivity index (χ1v) is 9.82. The number of hydrogen-bond donors (Lipinski definition) is 1. The van der Waals surface area contributed by atoms with Gasteiger partial charge >= 0.3 is 0 Å². The maximum atomic E-state index is 13.0. The van der Waals surface area contributed by atoms with Gasteiger partial charge in [0.25, 0.3) is 5.91 Å². The highest BCUT2D eigenvalue weighted by atomic mass is 19.1. The number of halogens is 1. The van der Waals surface area contributed by atoms with Crippen molar-refractivity contribution >= 4 is 5.91 Å². The first-order valence-electron chi connectivity index (χ1n) is 9.82. The number of hydrogen-bond acceptors (Lipinski definition) is 4. The maximum absolute atomic E-state index is 13.0. The first-order chi connectivity index (χ1) is 15.0. The molecule has 0 saturated carbocycles. The Morgan fingerprint density at radius 2 is 1.77 bits per heavy atom. The van der Waals surface area contributed by atoms with E-state index in [4.69, 9.17) is 4.74 Å². The van der Waals surface area contributed by atoms with E-state index < -0.39 is 0 Å². The van der Waals surface area contributed by atoms with Gasteiger partial charge in [0.1, 0.15) is 17.3 Å². The molecule has 4 aromatic rings. The number of nitrogens with one attached hydrogen (secondary N) is 1. The molecule has 0 aliphatic carbocycles. The number of aryl methyl sites for hydroxylation is 1. The molecule has 2 aromatic heterocycles. The lowest BCUT2D eigenvalue weighted by molar-refractivity contribution is 0.0943. The van der Waals surface area contributed by atoms with Gasteiger partial charge in [0, 0.05) is 24.0 Å². The van der Waals surface area contributed by atoms with Crippen molar-refractivity contribution in [2.24, 2.45) is 0 Å². The summed E-state index contributed by atoms with van der Waals surface area (Å²) in [6, 6.07) is 17.2. The first kappa shape index (κ1) is 20.3. The molecular weight excluding hydrogens is 397 g/mol. The van der Waals surface area contributed by atoms with Crippen molar-refractivity contribution in [3.63, 3.8) is 0 Å². The molecule has 0 spiro atoms. The molecule has 1 amide bonds. The number of benzene rings is 2. The van der Waals surface area contributed by atoms with Gasteiger partial charge in [0.2, 0.25) is 0 Å². The number of aromatic nitrogens is 4. The number of amides is 1. The second-order valence-electron chi connectivity index (χ2n) is 7.05. The van der Waals surface area contributed by atoms with Crippen molar-refractivity contribution in [2.45, 2.75) is 27.1 Å². The van der Waals surface area contributed by atoms with Crippen LogP contribution in [0.15, 0.2) is 66.9 Å². The van der Waals surface area contributed by atoms with Gasteiger partial charge in [-0.1, -0.05) is 18.2 Å². The molecule has 31 heavy (non-hydrogen) atoms. The van der Waals surface area contributed by atoms with Crippen molar-refractivity contribution < 1.29 is 13.9 Å². The third kappa shape index (κ3) is 4.63. The number of rotatable bonds is 7. The Hall–Kier alpha value is -3.94. The molecule has 1 N–H and O–H groups in total. The van der Waals surface area contributed by atoms with Crippen molar-refractivity contribution in [1.29, 1.82) is 0 Å². The number of carbonyl (C=O) groups excluding carboxylic acids is 1. The molecule has 158 valence electrons. The fourth-order valence-corrected chi connectivity index (χ4v) is 3.24. The van der Waals surface area contributed by atoms with Gasteiger partial charge in [-0.15, -0.1) is 0 Å². The molecule has 0 saturated heterocycles. The summed E-state index contributed by atoms with van der Waals surface area (Å²) in [6.07, 6.45) is 1.66. The summed E-state index contributed by atoms with van der Waals surface area (Å²) in [7, 11) is 0. The zero-order valence-corrected chi connectivity index (χ0v) is 17.2. The maximum Gasteiger partial charge on any atom is 0.272 e. The number of carbonyl (C=O) groups is 1. The average molecular weight is 419 g/mol. The second kappa shape index (κ2) is 8.83. The van der Waals surface area contributed by atoms with Crippen LogP contribution in [0, 0.1) is 19.7 Å². The number of para-hydroxylation sites is 1. The lowest BCUT2D eigenvalue weighted by Crippen LogP contribution is -2.24. The van der Waals surface area contributed by atoms with E-state index in [-0.39, 0.29) is 24.1 Å². The molecule has 2 aromatic carbocycles. The predicted octanol–water partition coefficient (Wildman–Crippen LogP) is 3.79. The molecule has 0 unspecified atom stereocenters. The van der Waals surface area contributed by atoms with E-state index in [9.17, 15) is 9.18 Å². The van der Waals surface area contributed by atoms with Gasteiger partial charge in [-0.05, 0) is 56.3 Å². The average Bonchev–Trinajstić information content (AvgIpc) is 3.37. The summed E-state index contributed by atoms with van der Waals surface area (Å²) in [5.74, 6) is -0.0961. The van der Waals surface area contributed by atoms with Gasteiger partial charge in [-0.2, -0.15) is 10.2 Å². The number of nitrogens with zero attached hydrogens (tertiary/aromatic N) is 4. The molecule has 0 fully saturated rings. The summed E-state index contributed by atoms with van der Waals surface area (Å²) in [6.45, 7) is 4.37. The summed E-state index contributed by atoms with van der Waals surface area (Å²) in [5, 5.41) is 11.7. The van der Waals surface area contributed by atoms with E-state index in [1.807, 2.05) is 48.9 Å². The van der Waals surface area contributed by atoms with Crippen LogP contribution in [0.1, 0.15) is 27.4 Å². The smallest absolute Gasteiger partial charge is 0.272 e. The van der Waals surface area contributed by atoms with Crippen LogP contribution < -0.4 is 10.1 Å². The molecule has 7 nitrogen and oxygen atoms in total. The predicted molar refractivity (Wildman–Crippen MR) is 113 cm³/mol. The summed E-state index contributed by atoms with van der Waals surface area (Å²) in [4.78, 5) is 12.5. The molecule has 0 aliphatic heterocycles. The molecule has 0 aliphatic rings. The summed E-state index contributed by atoms with van der Waals surface area (Å²) < 4.78 is 21.9. The highest BCUT2D eigenvalue weighted by Gasteiger charge is 2.15. The van der Waals surface area contributed by atoms with Crippen LogP contribution in [0.2, 0.25) is 0 Å². The highest BCUT2D eigenvalue weighted by molar-refractivity contribution is 5.92. The number of ether oxygens (including phenoxy) is 1. The van der Waals surface area contributed by atoms with Gasteiger partial charge in [-0.3, -0.25) is 4.79 Å². The van der Waals surface area contributed by atoms with Crippen LogP contribution in [-0.4, -0.2) is 25.5 Å². The Bertz CT molecular complexity index is 1180. The van der Waals surface area contributed by atoms with E-state index >= 15 is 0 Å².